The van der Waals surface area contributed by atoms with Crippen molar-refractivity contribution in [3.05, 3.63) is 65.5 Å². The molecule has 1 N–H and O–H groups in total. The van der Waals surface area contributed by atoms with Crippen LogP contribution in [0.25, 0.3) is 0 Å². The number of thioether (sulfide) groups is 1. The summed E-state index contributed by atoms with van der Waals surface area (Å²) in [7, 11) is 0. The van der Waals surface area contributed by atoms with Crippen molar-refractivity contribution in [1.82, 2.24) is 4.90 Å². The molecular formula is C20H20FNO4S. The maximum absolute atomic E-state index is 13.1. The minimum absolute atomic E-state index is 0.0259. The van der Waals surface area contributed by atoms with Crippen LogP contribution in [0.3, 0.4) is 0 Å². The van der Waals surface area contributed by atoms with E-state index in [1.54, 1.807) is 0 Å². The van der Waals surface area contributed by atoms with Crippen molar-refractivity contribution >= 4 is 23.6 Å². The molecule has 0 aromatic heterocycles. The standard InChI is InChI=1S/C20H20FNO4S/c1-2-26-16-9-5-14(6-10-16)19-22(17(12-27-19)20(24)25)18(23)11-13-3-7-15(21)8-4-13/h3-10,17,19H,2,11-12H2,1H3,(H,24,25). The van der Waals surface area contributed by atoms with E-state index in [-0.39, 0.29) is 23.5 Å². The third kappa shape index (κ3) is 4.42. The molecule has 5 nitrogen and oxygen atoms in total. The molecule has 7 heteroatoms. The molecule has 2 aromatic carbocycles. The maximum Gasteiger partial charge on any atom is 0.327 e. The van der Waals surface area contributed by atoms with Gasteiger partial charge in [-0.1, -0.05) is 24.3 Å². The third-order valence-corrected chi connectivity index (χ3v) is 5.64. The fraction of sp³-hybridized carbons (Fsp3) is 0.300. The SMILES string of the molecule is CCOc1ccc(C2SCC(C(=O)O)N2C(=O)Cc2ccc(F)cc2)cc1. The van der Waals surface area contributed by atoms with Gasteiger partial charge in [0.1, 0.15) is 23.0 Å². The van der Waals surface area contributed by atoms with Gasteiger partial charge in [0.05, 0.1) is 13.0 Å². The molecule has 1 aliphatic rings. The summed E-state index contributed by atoms with van der Waals surface area (Å²) in [5.74, 6) is -0.648. The van der Waals surface area contributed by atoms with E-state index in [4.69, 9.17) is 4.74 Å². The fourth-order valence-corrected chi connectivity index (χ4v) is 4.46. The Morgan fingerprint density at radius 1 is 1.19 bits per heavy atom. The minimum Gasteiger partial charge on any atom is -0.494 e. The van der Waals surface area contributed by atoms with Crippen molar-refractivity contribution < 1.29 is 23.8 Å². The first kappa shape index (κ1) is 19.2. The van der Waals surface area contributed by atoms with E-state index in [0.29, 0.717) is 17.9 Å². The lowest BCUT2D eigenvalue weighted by Crippen LogP contribution is -2.43. The number of rotatable bonds is 6. The molecule has 27 heavy (non-hydrogen) atoms. The average Bonchev–Trinajstić information content (AvgIpc) is 3.10. The van der Waals surface area contributed by atoms with Gasteiger partial charge in [-0.2, -0.15) is 0 Å². The Morgan fingerprint density at radius 2 is 1.85 bits per heavy atom. The molecule has 142 valence electrons. The zero-order valence-corrected chi connectivity index (χ0v) is 15.6. The number of hydrogen-bond acceptors (Lipinski definition) is 4. The molecule has 0 saturated carbocycles. The fourth-order valence-electron chi connectivity index (χ4n) is 3.02. The summed E-state index contributed by atoms with van der Waals surface area (Å²) in [4.78, 5) is 26.0. The van der Waals surface area contributed by atoms with Crippen LogP contribution in [0, 0.1) is 5.82 Å². The van der Waals surface area contributed by atoms with Gasteiger partial charge in [0.15, 0.2) is 0 Å². The van der Waals surface area contributed by atoms with E-state index < -0.39 is 12.0 Å². The number of hydrogen-bond donors (Lipinski definition) is 1. The van der Waals surface area contributed by atoms with Crippen molar-refractivity contribution in [3.63, 3.8) is 0 Å². The van der Waals surface area contributed by atoms with Crippen molar-refractivity contribution in [1.29, 1.82) is 0 Å². The van der Waals surface area contributed by atoms with E-state index in [1.807, 2.05) is 31.2 Å². The lowest BCUT2D eigenvalue weighted by atomic mass is 10.1. The molecule has 0 aliphatic carbocycles. The normalized spacial score (nSPS) is 19.1. The van der Waals surface area contributed by atoms with Gasteiger partial charge in [0.2, 0.25) is 5.91 Å². The highest BCUT2D eigenvalue weighted by molar-refractivity contribution is 7.99. The number of carboxylic acids is 1. The Morgan fingerprint density at radius 3 is 2.44 bits per heavy atom. The Labute approximate surface area is 161 Å². The summed E-state index contributed by atoms with van der Waals surface area (Å²) in [5.41, 5.74) is 1.49. The van der Waals surface area contributed by atoms with Crippen molar-refractivity contribution in [2.24, 2.45) is 0 Å². The van der Waals surface area contributed by atoms with E-state index in [0.717, 1.165) is 11.3 Å². The molecule has 1 aliphatic heterocycles. The van der Waals surface area contributed by atoms with Crippen LogP contribution in [0.2, 0.25) is 0 Å². The molecule has 1 heterocycles. The van der Waals surface area contributed by atoms with Gasteiger partial charge in [-0.3, -0.25) is 4.79 Å². The van der Waals surface area contributed by atoms with Crippen LogP contribution in [0.5, 0.6) is 5.75 Å². The van der Waals surface area contributed by atoms with Crippen LogP contribution in [0.4, 0.5) is 4.39 Å². The summed E-state index contributed by atoms with van der Waals surface area (Å²) in [5, 5.41) is 9.16. The topological polar surface area (TPSA) is 66.8 Å². The first-order valence-corrected chi connectivity index (χ1v) is 9.67. The van der Waals surface area contributed by atoms with Gasteiger partial charge in [-0.15, -0.1) is 11.8 Å². The summed E-state index contributed by atoms with van der Waals surface area (Å²) >= 11 is 1.42. The zero-order chi connectivity index (χ0) is 19.4. The lowest BCUT2D eigenvalue weighted by Gasteiger charge is -2.28. The quantitative estimate of drug-likeness (QED) is 0.819. The minimum atomic E-state index is -1.02. The molecule has 2 atom stereocenters. The number of nitrogens with zero attached hydrogens (tertiary/aromatic N) is 1. The van der Waals surface area contributed by atoms with Crippen LogP contribution in [-0.4, -0.2) is 40.3 Å². The number of ether oxygens (including phenoxy) is 1. The second kappa shape index (κ2) is 8.43. The highest BCUT2D eigenvalue weighted by Gasteiger charge is 2.42. The molecule has 2 aromatic rings. The van der Waals surface area contributed by atoms with E-state index in [1.165, 1.54) is 40.9 Å². The number of benzene rings is 2. The summed E-state index contributed by atoms with van der Waals surface area (Å²) in [6, 6.07) is 12.1. The Bertz CT molecular complexity index is 810. The lowest BCUT2D eigenvalue weighted by molar-refractivity contribution is -0.148. The van der Waals surface area contributed by atoms with Crippen LogP contribution in [-0.2, 0) is 16.0 Å². The maximum atomic E-state index is 13.1. The highest BCUT2D eigenvalue weighted by Crippen LogP contribution is 2.42. The number of carboxylic acid groups (broad SMARTS) is 1. The molecule has 1 amide bonds. The second-order valence-electron chi connectivity index (χ2n) is 6.15. The van der Waals surface area contributed by atoms with Gasteiger partial charge in [0, 0.05) is 5.75 Å². The van der Waals surface area contributed by atoms with Crippen LogP contribution >= 0.6 is 11.8 Å². The molecule has 2 unspecified atom stereocenters. The molecule has 3 rings (SSSR count). The van der Waals surface area contributed by atoms with Crippen LogP contribution in [0.15, 0.2) is 48.5 Å². The number of amides is 1. The van der Waals surface area contributed by atoms with Crippen molar-refractivity contribution in [2.75, 3.05) is 12.4 Å². The molecule has 0 bridgehead atoms. The molecule has 1 saturated heterocycles. The van der Waals surface area contributed by atoms with Gasteiger partial charge in [-0.25, -0.2) is 9.18 Å². The summed E-state index contributed by atoms with van der Waals surface area (Å²) in [6.45, 7) is 2.45. The number of aliphatic carboxylic acids is 1. The van der Waals surface area contributed by atoms with Crippen molar-refractivity contribution in [2.45, 2.75) is 24.8 Å². The molecule has 0 spiro atoms. The van der Waals surface area contributed by atoms with E-state index >= 15 is 0 Å². The van der Waals surface area contributed by atoms with E-state index in [2.05, 4.69) is 0 Å². The van der Waals surface area contributed by atoms with Gasteiger partial charge in [0.25, 0.3) is 0 Å². The number of halogens is 1. The Balaban J connectivity index is 1.83. The van der Waals surface area contributed by atoms with Crippen LogP contribution < -0.4 is 4.74 Å². The Kier molecular flexibility index (Phi) is 6.01. The first-order valence-electron chi connectivity index (χ1n) is 8.62. The predicted molar refractivity (Wildman–Crippen MR) is 101 cm³/mol. The van der Waals surface area contributed by atoms with Gasteiger partial charge in [-0.05, 0) is 42.3 Å². The molecule has 1 fully saturated rings. The third-order valence-electron chi connectivity index (χ3n) is 4.32. The van der Waals surface area contributed by atoms with Gasteiger partial charge < -0.3 is 14.7 Å². The number of carbonyl (C=O) groups excluding carboxylic acids is 1. The van der Waals surface area contributed by atoms with Gasteiger partial charge >= 0.3 is 5.97 Å². The molecule has 0 radical (unpaired) electrons. The second-order valence-corrected chi connectivity index (χ2v) is 7.26. The van der Waals surface area contributed by atoms with Crippen LogP contribution in [0.1, 0.15) is 23.4 Å². The van der Waals surface area contributed by atoms with Crippen molar-refractivity contribution in [3.8, 4) is 5.75 Å². The average molecular weight is 389 g/mol. The largest absolute Gasteiger partial charge is 0.494 e. The zero-order valence-electron chi connectivity index (χ0n) is 14.8. The summed E-state index contributed by atoms with van der Waals surface area (Å²) < 4.78 is 18.5. The Hall–Kier alpha value is -2.54. The smallest absolute Gasteiger partial charge is 0.327 e. The molecular weight excluding hydrogens is 369 g/mol. The first-order chi connectivity index (χ1) is 13.0. The monoisotopic (exact) mass is 389 g/mol. The highest BCUT2D eigenvalue weighted by atomic mass is 32.2. The number of carbonyl (C=O) groups is 2. The predicted octanol–water partition coefficient (Wildman–Crippen LogP) is 3.49. The summed E-state index contributed by atoms with van der Waals surface area (Å²) in [6.07, 6.45) is 0.0259. The van der Waals surface area contributed by atoms with E-state index in [9.17, 15) is 19.1 Å².